The third-order valence-corrected chi connectivity index (χ3v) is 6.35. The molecule has 0 aliphatic carbocycles. The highest BCUT2D eigenvalue weighted by Crippen LogP contribution is 2.50. The zero-order chi connectivity index (χ0) is 20.0. The topological polar surface area (TPSA) is 44.8 Å². The molecule has 0 spiro atoms. The molecule has 0 radical (unpaired) electrons. The lowest BCUT2D eigenvalue weighted by Gasteiger charge is -2.23. The van der Waals surface area contributed by atoms with Crippen molar-refractivity contribution >= 4 is 7.82 Å². The number of phosphoric acid groups is 1. The SMILES string of the molecule is CCCC[C@@H](CC)COP(=O)(OC[C@H](CC)CCCC)Oc1ccccc1. The summed E-state index contributed by atoms with van der Waals surface area (Å²) in [7, 11) is -3.64. The van der Waals surface area contributed by atoms with Crippen molar-refractivity contribution in [3.63, 3.8) is 0 Å². The largest absolute Gasteiger partial charge is 0.530 e. The predicted octanol–water partition coefficient (Wildman–Crippen LogP) is 7.64. The monoisotopic (exact) mass is 398 g/mol. The van der Waals surface area contributed by atoms with E-state index in [0.29, 0.717) is 30.8 Å². The lowest BCUT2D eigenvalue weighted by Crippen LogP contribution is -2.14. The first-order valence-corrected chi connectivity index (χ1v) is 12.2. The highest BCUT2D eigenvalue weighted by Gasteiger charge is 2.31. The first-order chi connectivity index (χ1) is 13.1. The molecule has 0 N–H and O–H groups in total. The van der Waals surface area contributed by atoms with Crippen LogP contribution in [0.2, 0.25) is 0 Å². The summed E-state index contributed by atoms with van der Waals surface area (Å²) in [6, 6.07) is 9.16. The van der Waals surface area contributed by atoms with Gasteiger partial charge in [-0.3, -0.25) is 9.05 Å². The maximum absolute atomic E-state index is 13.3. The number of unbranched alkanes of at least 4 members (excludes halogenated alkanes) is 2. The number of hydrogen-bond donors (Lipinski definition) is 0. The van der Waals surface area contributed by atoms with Crippen molar-refractivity contribution in [1.82, 2.24) is 0 Å². The zero-order valence-corrected chi connectivity index (χ0v) is 18.6. The average Bonchev–Trinajstić information content (AvgIpc) is 2.69. The van der Waals surface area contributed by atoms with Gasteiger partial charge >= 0.3 is 7.82 Å². The maximum atomic E-state index is 13.3. The van der Waals surface area contributed by atoms with Gasteiger partial charge in [0.25, 0.3) is 0 Å². The molecule has 0 aromatic heterocycles. The molecule has 5 heteroatoms. The summed E-state index contributed by atoms with van der Waals surface area (Å²) in [6.45, 7) is 9.47. The van der Waals surface area contributed by atoms with Gasteiger partial charge in [-0.25, -0.2) is 4.57 Å². The van der Waals surface area contributed by atoms with E-state index in [9.17, 15) is 4.57 Å². The Morgan fingerprint density at radius 2 is 1.30 bits per heavy atom. The summed E-state index contributed by atoms with van der Waals surface area (Å²) in [5.41, 5.74) is 0. The zero-order valence-electron chi connectivity index (χ0n) is 17.7. The summed E-state index contributed by atoms with van der Waals surface area (Å²) in [6.07, 6.45) is 8.77. The van der Waals surface area contributed by atoms with Crippen molar-refractivity contribution in [2.24, 2.45) is 11.8 Å². The second kappa shape index (κ2) is 14.2. The molecule has 0 saturated carbocycles. The Balaban J connectivity index is 2.74. The van der Waals surface area contributed by atoms with Gasteiger partial charge in [0.15, 0.2) is 0 Å². The van der Waals surface area contributed by atoms with Crippen molar-refractivity contribution in [2.45, 2.75) is 79.1 Å². The van der Waals surface area contributed by atoms with E-state index in [4.69, 9.17) is 13.6 Å². The fourth-order valence-corrected chi connectivity index (χ4v) is 4.24. The Morgan fingerprint density at radius 3 is 1.70 bits per heavy atom. The quantitative estimate of drug-likeness (QED) is 0.268. The van der Waals surface area contributed by atoms with E-state index in [1.165, 1.54) is 0 Å². The average molecular weight is 399 g/mol. The van der Waals surface area contributed by atoms with Crippen molar-refractivity contribution in [2.75, 3.05) is 13.2 Å². The molecule has 27 heavy (non-hydrogen) atoms. The van der Waals surface area contributed by atoms with E-state index in [2.05, 4.69) is 27.7 Å². The summed E-state index contributed by atoms with van der Waals surface area (Å²) in [5, 5.41) is 0. The molecule has 156 valence electrons. The fourth-order valence-electron chi connectivity index (χ4n) is 2.89. The third kappa shape index (κ3) is 10.3. The molecule has 4 nitrogen and oxygen atoms in total. The highest BCUT2D eigenvalue weighted by atomic mass is 31.2. The van der Waals surface area contributed by atoms with Gasteiger partial charge in [-0.05, 0) is 36.8 Å². The van der Waals surface area contributed by atoms with E-state index in [1.54, 1.807) is 12.1 Å². The Hall–Kier alpha value is -0.830. The van der Waals surface area contributed by atoms with E-state index >= 15 is 0 Å². The molecule has 0 bridgehead atoms. The maximum Gasteiger partial charge on any atom is 0.530 e. The van der Waals surface area contributed by atoms with Crippen LogP contribution in [0.1, 0.15) is 79.1 Å². The molecule has 0 saturated heterocycles. The number of hydrogen-bond acceptors (Lipinski definition) is 4. The first-order valence-electron chi connectivity index (χ1n) is 10.7. The van der Waals surface area contributed by atoms with Crippen molar-refractivity contribution in [1.29, 1.82) is 0 Å². The number of benzene rings is 1. The molecule has 0 unspecified atom stereocenters. The van der Waals surface area contributed by atoms with Crippen LogP contribution < -0.4 is 4.52 Å². The molecule has 0 amide bonds. The summed E-state index contributed by atoms with van der Waals surface area (Å²) < 4.78 is 30.6. The van der Waals surface area contributed by atoms with E-state index in [-0.39, 0.29) is 0 Å². The van der Waals surface area contributed by atoms with Crippen LogP contribution in [-0.4, -0.2) is 13.2 Å². The minimum absolute atomic E-state index is 0.378. The molecule has 1 rings (SSSR count). The summed E-state index contributed by atoms with van der Waals surface area (Å²) in [5.74, 6) is 1.27. The standard InChI is InChI=1S/C22H39O4P/c1-5-9-14-20(7-3)18-24-27(23,26-22-16-12-11-13-17-22)25-19-21(8-4)15-10-6-2/h11-13,16-17,20-21H,5-10,14-15,18-19H2,1-4H3/t20-,21-/m1/s1. The van der Waals surface area contributed by atoms with E-state index < -0.39 is 7.82 Å². The molecule has 0 aliphatic rings. The molecule has 1 aromatic rings. The Bertz CT molecular complexity index is 496. The lowest BCUT2D eigenvalue weighted by molar-refractivity contribution is 0.115. The van der Waals surface area contributed by atoms with Gasteiger partial charge in [0, 0.05) is 0 Å². The van der Waals surface area contributed by atoms with Crippen molar-refractivity contribution < 1.29 is 18.1 Å². The van der Waals surface area contributed by atoms with Crippen LogP contribution in [0.4, 0.5) is 0 Å². The minimum atomic E-state index is -3.64. The van der Waals surface area contributed by atoms with Crippen molar-refractivity contribution in [3.05, 3.63) is 30.3 Å². The molecular weight excluding hydrogens is 359 g/mol. The lowest BCUT2D eigenvalue weighted by atomic mass is 10.0. The van der Waals surface area contributed by atoms with Gasteiger partial charge in [0.2, 0.25) is 0 Å². The van der Waals surface area contributed by atoms with Gasteiger partial charge in [-0.1, -0.05) is 84.4 Å². The normalized spacial score (nSPS) is 14.1. The predicted molar refractivity (Wildman–Crippen MR) is 113 cm³/mol. The number of para-hydroxylation sites is 1. The first kappa shape index (κ1) is 24.2. The van der Waals surface area contributed by atoms with Crippen LogP contribution in [0.3, 0.4) is 0 Å². The van der Waals surface area contributed by atoms with Crippen LogP contribution >= 0.6 is 7.82 Å². The smallest absolute Gasteiger partial charge is 0.404 e. The van der Waals surface area contributed by atoms with Crippen molar-refractivity contribution in [3.8, 4) is 5.75 Å². The summed E-state index contributed by atoms with van der Waals surface area (Å²) >= 11 is 0. The van der Waals surface area contributed by atoms with Crippen LogP contribution in [0.25, 0.3) is 0 Å². The van der Waals surface area contributed by atoms with Gasteiger partial charge in [-0.2, -0.15) is 0 Å². The second-order valence-electron chi connectivity index (χ2n) is 7.28. The highest BCUT2D eigenvalue weighted by molar-refractivity contribution is 7.48. The molecule has 0 fully saturated rings. The molecule has 2 atom stereocenters. The Morgan fingerprint density at radius 1 is 0.815 bits per heavy atom. The van der Waals surface area contributed by atoms with Gasteiger partial charge in [0.05, 0.1) is 13.2 Å². The van der Waals surface area contributed by atoms with E-state index in [0.717, 1.165) is 51.4 Å². The van der Waals surface area contributed by atoms with Gasteiger partial charge in [0.1, 0.15) is 5.75 Å². The fraction of sp³-hybridized carbons (Fsp3) is 0.727. The molecule has 1 aromatic carbocycles. The van der Waals surface area contributed by atoms with Gasteiger partial charge in [-0.15, -0.1) is 0 Å². The number of phosphoric ester groups is 1. The molecular formula is C22H39O4P. The van der Waals surface area contributed by atoms with Crippen LogP contribution in [0.5, 0.6) is 5.75 Å². The minimum Gasteiger partial charge on any atom is -0.404 e. The molecule has 0 aliphatic heterocycles. The summed E-state index contributed by atoms with van der Waals surface area (Å²) in [4.78, 5) is 0. The van der Waals surface area contributed by atoms with Crippen LogP contribution in [0.15, 0.2) is 30.3 Å². The second-order valence-corrected chi connectivity index (χ2v) is 8.87. The van der Waals surface area contributed by atoms with Crippen LogP contribution in [-0.2, 0) is 13.6 Å². The Kier molecular flexibility index (Phi) is 12.7. The van der Waals surface area contributed by atoms with E-state index in [1.807, 2.05) is 18.2 Å². The van der Waals surface area contributed by atoms with Crippen LogP contribution in [0, 0.1) is 11.8 Å². The third-order valence-electron chi connectivity index (χ3n) is 4.98. The van der Waals surface area contributed by atoms with Gasteiger partial charge < -0.3 is 4.52 Å². The Labute approximate surface area is 166 Å². The number of rotatable bonds is 16. The molecule has 0 heterocycles.